The lowest BCUT2D eigenvalue weighted by atomic mass is 10.1. The number of hydrogen-bond acceptors (Lipinski definition) is 4. The van der Waals surface area contributed by atoms with Crippen molar-refractivity contribution >= 4 is 5.97 Å². The molecular formula is C12H23NO3. The van der Waals surface area contributed by atoms with Gasteiger partial charge in [0.05, 0.1) is 12.7 Å². The molecule has 0 rings (SSSR count). The van der Waals surface area contributed by atoms with E-state index in [1.165, 1.54) is 7.11 Å². The fraction of sp³-hybridized carbons (Fsp3) is 0.750. The molecule has 4 nitrogen and oxygen atoms in total. The Kier molecular flexibility index (Phi) is 6.29. The number of carbonyl (C=O) groups is 1. The second kappa shape index (κ2) is 6.66. The number of aliphatic hydroxyl groups is 1. The van der Waals surface area contributed by atoms with Crippen LogP contribution in [-0.2, 0) is 9.53 Å². The first-order chi connectivity index (χ1) is 7.30. The van der Waals surface area contributed by atoms with E-state index >= 15 is 0 Å². The van der Waals surface area contributed by atoms with Gasteiger partial charge in [0, 0.05) is 18.7 Å². The highest BCUT2D eigenvalue weighted by atomic mass is 16.5. The highest BCUT2D eigenvalue weighted by Gasteiger charge is 2.15. The molecule has 0 radical (unpaired) electrons. The van der Waals surface area contributed by atoms with E-state index in [-0.39, 0.29) is 5.97 Å². The zero-order valence-corrected chi connectivity index (χ0v) is 10.9. The Labute approximate surface area is 97.9 Å². The summed E-state index contributed by atoms with van der Waals surface area (Å²) in [5, 5.41) is 9.61. The molecule has 0 unspecified atom stereocenters. The maximum Gasteiger partial charge on any atom is 0.333 e. The van der Waals surface area contributed by atoms with Crippen molar-refractivity contribution in [2.24, 2.45) is 0 Å². The number of esters is 1. The van der Waals surface area contributed by atoms with E-state index in [2.05, 4.69) is 4.74 Å². The molecule has 16 heavy (non-hydrogen) atoms. The predicted octanol–water partition coefficient (Wildman–Crippen LogP) is 1.20. The van der Waals surface area contributed by atoms with Crippen molar-refractivity contribution in [1.29, 1.82) is 0 Å². The molecule has 0 atom stereocenters. The molecule has 0 saturated heterocycles. The van der Waals surface area contributed by atoms with E-state index in [1.807, 2.05) is 24.9 Å². The molecule has 0 fully saturated rings. The highest BCUT2D eigenvalue weighted by molar-refractivity contribution is 5.88. The summed E-state index contributed by atoms with van der Waals surface area (Å²) in [7, 11) is 3.28. The zero-order chi connectivity index (χ0) is 12.8. The number of nitrogens with zero attached hydrogens (tertiary/aromatic N) is 1. The molecule has 0 bridgehead atoms. The highest BCUT2D eigenvalue weighted by Crippen LogP contribution is 2.06. The standard InChI is InChI=1S/C12H23NO3/c1-6-10(11(14)16-5)7-8-13(4)9-12(2,3)15/h7,15H,6,8-9H2,1-5H3. The smallest absolute Gasteiger partial charge is 0.333 e. The number of methoxy groups -OCH3 is 1. The second-order valence-corrected chi connectivity index (χ2v) is 4.58. The van der Waals surface area contributed by atoms with E-state index in [0.717, 1.165) is 0 Å². The number of carbonyl (C=O) groups excluding carboxylic acids is 1. The van der Waals surface area contributed by atoms with Crippen LogP contribution in [0.15, 0.2) is 11.6 Å². The molecular weight excluding hydrogens is 206 g/mol. The summed E-state index contributed by atoms with van der Waals surface area (Å²) in [6, 6.07) is 0. The molecule has 0 aliphatic carbocycles. The predicted molar refractivity (Wildman–Crippen MR) is 64.2 cm³/mol. The Bertz CT molecular complexity index is 253. The minimum Gasteiger partial charge on any atom is -0.466 e. The molecule has 0 spiro atoms. The summed E-state index contributed by atoms with van der Waals surface area (Å²) in [5.41, 5.74) is -0.0506. The molecule has 0 amide bonds. The van der Waals surface area contributed by atoms with E-state index in [1.54, 1.807) is 13.8 Å². The molecule has 0 aliphatic heterocycles. The van der Waals surface area contributed by atoms with Crippen molar-refractivity contribution in [2.45, 2.75) is 32.8 Å². The van der Waals surface area contributed by atoms with Crippen LogP contribution >= 0.6 is 0 Å². The van der Waals surface area contributed by atoms with Gasteiger partial charge in [-0.15, -0.1) is 0 Å². The first kappa shape index (κ1) is 15.1. The lowest BCUT2D eigenvalue weighted by Crippen LogP contribution is -2.36. The van der Waals surface area contributed by atoms with E-state index in [9.17, 15) is 9.90 Å². The largest absolute Gasteiger partial charge is 0.466 e. The molecule has 0 aliphatic rings. The summed E-state index contributed by atoms with van der Waals surface area (Å²) >= 11 is 0. The van der Waals surface area contributed by atoms with Crippen LogP contribution in [0.2, 0.25) is 0 Å². The van der Waals surface area contributed by atoms with Gasteiger partial charge in [0.1, 0.15) is 0 Å². The molecule has 4 heteroatoms. The van der Waals surface area contributed by atoms with Gasteiger partial charge in [0.25, 0.3) is 0 Å². The normalized spacial score (nSPS) is 13.1. The van der Waals surface area contributed by atoms with Crippen molar-refractivity contribution in [2.75, 3.05) is 27.2 Å². The van der Waals surface area contributed by atoms with Crippen LogP contribution in [0.4, 0.5) is 0 Å². The molecule has 0 aromatic heterocycles. The van der Waals surface area contributed by atoms with Crippen molar-refractivity contribution in [3.8, 4) is 0 Å². The van der Waals surface area contributed by atoms with Crippen molar-refractivity contribution in [3.05, 3.63) is 11.6 Å². The van der Waals surface area contributed by atoms with Crippen LogP contribution in [0.25, 0.3) is 0 Å². The molecule has 0 saturated carbocycles. The number of ether oxygens (including phenoxy) is 1. The average molecular weight is 229 g/mol. The quantitative estimate of drug-likeness (QED) is 0.549. The Morgan fingerprint density at radius 2 is 2.06 bits per heavy atom. The van der Waals surface area contributed by atoms with E-state index in [0.29, 0.717) is 25.1 Å². The fourth-order valence-electron chi connectivity index (χ4n) is 1.49. The monoisotopic (exact) mass is 229 g/mol. The topological polar surface area (TPSA) is 49.8 Å². The third-order valence-electron chi connectivity index (χ3n) is 2.13. The Morgan fingerprint density at radius 1 is 1.50 bits per heavy atom. The van der Waals surface area contributed by atoms with Crippen molar-refractivity contribution in [1.82, 2.24) is 4.90 Å². The molecule has 1 N–H and O–H groups in total. The first-order valence-corrected chi connectivity index (χ1v) is 5.48. The van der Waals surface area contributed by atoms with Crippen LogP contribution in [0.1, 0.15) is 27.2 Å². The molecule has 0 heterocycles. The zero-order valence-electron chi connectivity index (χ0n) is 10.9. The summed E-state index contributed by atoms with van der Waals surface area (Å²) in [5.74, 6) is -0.279. The minimum atomic E-state index is -0.722. The first-order valence-electron chi connectivity index (χ1n) is 5.48. The van der Waals surface area contributed by atoms with Gasteiger partial charge in [-0.25, -0.2) is 4.79 Å². The summed E-state index contributed by atoms with van der Waals surface area (Å²) in [6.07, 6.45) is 2.50. The summed E-state index contributed by atoms with van der Waals surface area (Å²) in [6.45, 7) is 6.62. The SMILES string of the molecule is CCC(=CCN(C)CC(C)(C)O)C(=O)OC. The average Bonchev–Trinajstić information content (AvgIpc) is 2.15. The van der Waals surface area contributed by atoms with Crippen LogP contribution in [-0.4, -0.2) is 48.8 Å². The third kappa shape index (κ3) is 6.58. The van der Waals surface area contributed by atoms with Gasteiger partial charge < -0.3 is 9.84 Å². The van der Waals surface area contributed by atoms with Gasteiger partial charge in [-0.05, 0) is 27.3 Å². The number of hydrogen-bond donors (Lipinski definition) is 1. The Morgan fingerprint density at radius 3 is 2.44 bits per heavy atom. The number of rotatable bonds is 6. The Balaban J connectivity index is 4.28. The minimum absolute atomic E-state index is 0.279. The lowest BCUT2D eigenvalue weighted by molar-refractivity contribution is -0.136. The molecule has 94 valence electrons. The van der Waals surface area contributed by atoms with Gasteiger partial charge in [0.15, 0.2) is 0 Å². The van der Waals surface area contributed by atoms with Gasteiger partial charge in [-0.2, -0.15) is 0 Å². The van der Waals surface area contributed by atoms with Crippen LogP contribution in [0, 0.1) is 0 Å². The Hall–Kier alpha value is -0.870. The summed E-state index contributed by atoms with van der Waals surface area (Å²) in [4.78, 5) is 13.2. The van der Waals surface area contributed by atoms with Gasteiger partial charge in [0.2, 0.25) is 0 Å². The van der Waals surface area contributed by atoms with Crippen molar-refractivity contribution < 1.29 is 14.6 Å². The van der Waals surface area contributed by atoms with Crippen molar-refractivity contribution in [3.63, 3.8) is 0 Å². The fourth-order valence-corrected chi connectivity index (χ4v) is 1.49. The molecule has 0 aromatic carbocycles. The van der Waals surface area contributed by atoms with Crippen LogP contribution < -0.4 is 0 Å². The molecule has 0 aromatic rings. The van der Waals surface area contributed by atoms with E-state index in [4.69, 9.17) is 0 Å². The van der Waals surface area contributed by atoms with E-state index < -0.39 is 5.60 Å². The van der Waals surface area contributed by atoms with Crippen LogP contribution in [0.5, 0.6) is 0 Å². The van der Waals surface area contributed by atoms with Gasteiger partial charge in [-0.3, -0.25) is 4.90 Å². The van der Waals surface area contributed by atoms with Gasteiger partial charge >= 0.3 is 5.97 Å². The van der Waals surface area contributed by atoms with Crippen LogP contribution in [0.3, 0.4) is 0 Å². The lowest BCUT2D eigenvalue weighted by Gasteiger charge is -2.24. The maximum absolute atomic E-state index is 11.3. The second-order valence-electron chi connectivity index (χ2n) is 4.58. The summed E-state index contributed by atoms with van der Waals surface area (Å²) < 4.78 is 4.66. The van der Waals surface area contributed by atoms with Gasteiger partial charge in [-0.1, -0.05) is 13.0 Å². The number of likely N-dealkylation sites (N-methyl/N-ethyl adjacent to an activating group) is 1. The third-order valence-corrected chi connectivity index (χ3v) is 2.13. The maximum atomic E-state index is 11.3.